The van der Waals surface area contributed by atoms with Crippen molar-refractivity contribution in [1.29, 1.82) is 0 Å². The fraction of sp³-hybridized carbons (Fsp3) is 0.444. The number of phenols is 1. The molecule has 9 heteroatoms. The first-order valence-electron chi connectivity index (χ1n) is 12.3. The number of anilines is 1. The molecule has 36 heavy (non-hydrogen) atoms. The number of pyridine rings is 1. The summed E-state index contributed by atoms with van der Waals surface area (Å²) in [5.41, 5.74) is 0.586. The van der Waals surface area contributed by atoms with Gasteiger partial charge in [0.05, 0.1) is 5.69 Å². The lowest BCUT2D eigenvalue weighted by atomic mass is 9.67. The van der Waals surface area contributed by atoms with E-state index in [1.54, 1.807) is 12.1 Å². The third-order valence-electron chi connectivity index (χ3n) is 7.57. The average Bonchev–Trinajstić information content (AvgIpc) is 2.83. The lowest BCUT2D eigenvalue weighted by Crippen LogP contribution is -2.63. The van der Waals surface area contributed by atoms with Gasteiger partial charge in [0.1, 0.15) is 17.4 Å². The predicted molar refractivity (Wildman–Crippen MR) is 135 cm³/mol. The van der Waals surface area contributed by atoms with Gasteiger partial charge in [-0.3, -0.25) is 9.36 Å². The third kappa shape index (κ3) is 4.84. The lowest BCUT2D eigenvalue weighted by molar-refractivity contribution is 0.0589. The highest BCUT2D eigenvalue weighted by atomic mass is 19.1. The molecule has 7 nitrogen and oxygen atoms in total. The highest BCUT2D eigenvalue weighted by molar-refractivity contribution is 5.74. The van der Waals surface area contributed by atoms with Gasteiger partial charge in [-0.1, -0.05) is 0 Å². The summed E-state index contributed by atoms with van der Waals surface area (Å²) < 4.78 is 28.6. The SMILES string of the molecule is CC12CCCC(C)(CC(CNc3ccc(-c4cc(F)c(-c5ccn(CF)c(=O)c5)cc4O)nn3)C1)N2. The zero-order valence-electron chi connectivity index (χ0n) is 20.5. The Morgan fingerprint density at radius 2 is 1.86 bits per heavy atom. The van der Waals surface area contributed by atoms with Crippen LogP contribution in [-0.2, 0) is 6.80 Å². The molecule has 0 aliphatic carbocycles. The highest BCUT2D eigenvalue weighted by Gasteiger charge is 2.45. The van der Waals surface area contributed by atoms with Crippen molar-refractivity contribution in [2.45, 2.75) is 63.8 Å². The number of nitrogens with one attached hydrogen (secondary N) is 2. The maximum atomic E-state index is 14.9. The number of benzene rings is 1. The number of phenolic OH excluding ortho intramolecular Hbond substituents is 1. The van der Waals surface area contributed by atoms with E-state index in [-0.39, 0.29) is 33.5 Å². The molecule has 0 amide bonds. The second-order valence-electron chi connectivity index (χ2n) is 10.8. The number of aromatic nitrogens is 3. The van der Waals surface area contributed by atoms with Crippen molar-refractivity contribution in [3.63, 3.8) is 0 Å². The van der Waals surface area contributed by atoms with Crippen LogP contribution in [-0.4, -0.2) is 37.5 Å². The second-order valence-corrected chi connectivity index (χ2v) is 10.8. The normalized spacial score (nSPS) is 25.5. The highest BCUT2D eigenvalue weighted by Crippen LogP contribution is 2.42. The maximum absolute atomic E-state index is 14.9. The smallest absolute Gasteiger partial charge is 0.253 e. The number of rotatable bonds is 6. The Kier molecular flexibility index (Phi) is 6.28. The van der Waals surface area contributed by atoms with Gasteiger partial charge >= 0.3 is 0 Å². The van der Waals surface area contributed by atoms with E-state index in [2.05, 4.69) is 34.7 Å². The Hall–Kier alpha value is -3.33. The van der Waals surface area contributed by atoms with Crippen molar-refractivity contribution < 1.29 is 13.9 Å². The van der Waals surface area contributed by atoms with Gasteiger partial charge in [-0.05, 0) is 87.8 Å². The van der Waals surface area contributed by atoms with Crippen LogP contribution in [0.4, 0.5) is 14.6 Å². The van der Waals surface area contributed by atoms with Gasteiger partial charge in [-0.2, -0.15) is 0 Å². The summed E-state index contributed by atoms with van der Waals surface area (Å²) >= 11 is 0. The zero-order valence-corrected chi connectivity index (χ0v) is 20.5. The molecular formula is C27H31F2N5O2. The average molecular weight is 496 g/mol. The number of hydrogen-bond acceptors (Lipinski definition) is 6. The number of fused-ring (bicyclic) bond motifs is 2. The van der Waals surface area contributed by atoms with Gasteiger partial charge in [-0.25, -0.2) is 8.78 Å². The molecule has 4 heterocycles. The molecule has 1 aromatic carbocycles. The quantitative estimate of drug-likeness (QED) is 0.453. The predicted octanol–water partition coefficient (Wildman–Crippen LogP) is 4.86. The van der Waals surface area contributed by atoms with Crippen LogP contribution >= 0.6 is 0 Å². The fourth-order valence-electron chi connectivity index (χ4n) is 6.10. The monoisotopic (exact) mass is 495 g/mol. The molecule has 2 aliphatic rings. The second kappa shape index (κ2) is 9.28. The molecule has 2 atom stereocenters. The molecule has 0 radical (unpaired) electrons. The van der Waals surface area contributed by atoms with Crippen LogP contribution in [0.15, 0.2) is 47.4 Å². The van der Waals surface area contributed by atoms with Crippen LogP contribution < -0.4 is 16.2 Å². The first-order valence-corrected chi connectivity index (χ1v) is 12.3. The Morgan fingerprint density at radius 3 is 2.50 bits per heavy atom. The number of hydrogen-bond donors (Lipinski definition) is 3. The Morgan fingerprint density at radius 1 is 1.11 bits per heavy atom. The molecule has 3 N–H and O–H groups in total. The topological polar surface area (TPSA) is 92.1 Å². The van der Waals surface area contributed by atoms with Crippen LogP contribution in [0.1, 0.15) is 46.0 Å². The van der Waals surface area contributed by atoms with E-state index in [4.69, 9.17) is 0 Å². The molecule has 2 fully saturated rings. The summed E-state index contributed by atoms with van der Waals surface area (Å²) in [5.74, 6) is 0.324. The van der Waals surface area contributed by atoms with E-state index in [0.717, 1.165) is 36.1 Å². The van der Waals surface area contributed by atoms with Gasteiger partial charge in [0.25, 0.3) is 5.56 Å². The minimum absolute atomic E-state index is 0.0414. The summed E-state index contributed by atoms with van der Waals surface area (Å²) in [7, 11) is 0. The van der Waals surface area contributed by atoms with E-state index < -0.39 is 18.2 Å². The molecule has 2 unspecified atom stereocenters. The van der Waals surface area contributed by atoms with Gasteiger partial charge in [0.2, 0.25) is 0 Å². The van der Waals surface area contributed by atoms with Crippen molar-refractivity contribution in [3.05, 3.63) is 58.8 Å². The number of aromatic hydroxyl groups is 1. The van der Waals surface area contributed by atoms with Crippen molar-refractivity contribution >= 4 is 5.82 Å². The van der Waals surface area contributed by atoms with Crippen LogP contribution in [0.3, 0.4) is 0 Å². The molecule has 5 rings (SSSR count). The molecule has 2 aromatic heterocycles. The van der Waals surface area contributed by atoms with Gasteiger partial charge in [-0.15, -0.1) is 10.2 Å². The Labute approximate surface area is 208 Å². The van der Waals surface area contributed by atoms with E-state index in [1.807, 2.05) is 0 Å². The minimum atomic E-state index is -0.966. The molecule has 0 spiro atoms. The molecule has 2 saturated heterocycles. The Bertz CT molecular complexity index is 1310. The van der Waals surface area contributed by atoms with Crippen molar-refractivity contribution in [3.8, 4) is 28.1 Å². The number of nitrogens with zero attached hydrogens (tertiary/aromatic N) is 3. The van der Waals surface area contributed by atoms with E-state index in [1.165, 1.54) is 37.6 Å². The van der Waals surface area contributed by atoms with Gasteiger partial charge < -0.3 is 15.7 Å². The summed E-state index contributed by atoms with van der Waals surface area (Å²) in [4.78, 5) is 11.9. The molecule has 190 valence electrons. The van der Waals surface area contributed by atoms with Crippen LogP contribution in [0.2, 0.25) is 0 Å². The van der Waals surface area contributed by atoms with Gasteiger partial charge in [0, 0.05) is 41.0 Å². The standard InChI is InChI=1S/C27H31F2N5O2/c1-26-7-3-8-27(2,33-26)14-17(13-26)15-30-24-5-4-22(31-32-24)20-11-21(29)19(12-23(20)35)18-6-9-34(16-28)25(36)10-18/h4-6,9-12,17,33,35H,3,7-8,13-16H2,1-2H3,(H,30,32). The van der Waals surface area contributed by atoms with Crippen molar-refractivity contribution in [2.75, 3.05) is 11.9 Å². The minimum Gasteiger partial charge on any atom is -0.507 e. The molecular weight excluding hydrogens is 464 g/mol. The third-order valence-corrected chi connectivity index (χ3v) is 7.57. The van der Waals surface area contributed by atoms with Crippen LogP contribution in [0.25, 0.3) is 22.4 Å². The summed E-state index contributed by atoms with van der Waals surface area (Å²) in [6.45, 7) is 4.47. The maximum Gasteiger partial charge on any atom is 0.253 e. The Balaban J connectivity index is 1.29. The van der Waals surface area contributed by atoms with Crippen LogP contribution in [0, 0.1) is 11.7 Å². The van der Waals surface area contributed by atoms with Crippen molar-refractivity contribution in [2.24, 2.45) is 5.92 Å². The first kappa shape index (κ1) is 24.4. The molecule has 0 saturated carbocycles. The van der Waals surface area contributed by atoms with Crippen molar-refractivity contribution in [1.82, 2.24) is 20.1 Å². The summed E-state index contributed by atoms with van der Waals surface area (Å²) in [6.07, 6.45) is 7.15. The van der Waals surface area contributed by atoms with E-state index in [0.29, 0.717) is 17.4 Å². The molecule has 3 aromatic rings. The fourth-order valence-corrected chi connectivity index (χ4v) is 6.10. The summed E-state index contributed by atoms with van der Waals surface area (Å²) in [5, 5.41) is 26.2. The number of alkyl halides is 1. The molecule has 2 aliphatic heterocycles. The number of piperidine rings is 2. The zero-order chi connectivity index (χ0) is 25.5. The van der Waals surface area contributed by atoms with E-state index >= 15 is 0 Å². The summed E-state index contributed by atoms with van der Waals surface area (Å²) in [6, 6.07) is 8.42. The molecule has 2 bridgehead atoms. The van der Waals surface area contributed by atoms with Crippen LogP contribution in [0.5, 0.6) is 5.75 Å². The first-order chi connectivity index (χ1) is 17.2. The van der Waals surface area contributed by atoms with Gasteiger partial charge in [0.15, 0.2) is 6.80 Å². The lowest BCUT2D eigenvalue weighted by Gasteiger charge is -2.53. The number of halogens is 2. The van der Waals surface area contributed by atoms with E-state index in [9.17, 15) is 18.7 Å². The largest absolute Gasteiger partial charge is 0.507 e.